The van der Waals surface area contributed by atoms with Crippen molar-refractivity contribution < 1.29 is 29.2 Å². The first-order valence-corrected chi connectivity index (χ1v) is 11.1. The van der Waals surface area contributed by atoms with E-state index in [1.807, 2.05) is 13.8 Å². The molecule has 3 N–H and O–H groups in total. The van der Waals surface area contributed by atoms with Gasteiger partial charge in [-0.2, -0.15) is 0 Å². The van der Waals surface area contributed by atoms with E-state index in [1.165, 1.54) is 18.2 Å². The normalized spacial score (nSPS) is 13.8. The fraction of sp³-hybridized carbons (Fsp3) is 0.462. The second kappa shape index (κ2) is 12.0. The van der Waals surface area contributed by atoms with Gasteiger partial charge in [0.15, 0.2) is 0 Å². The number of hydrogen-bond acceptors (Lipinski definition) is 5. The van der Waals surface area contributed by atoms with E-state index in [-0.39, 0.29) is 24.1 Å². The lowest BCUT2D eigenvalue weighted by Gasteiger charge is -2.23. The van der Waals surface area contributed by atoms with Crippen LogP contribution in [-0.4, -0.2) is 45.6 Å². The minimum absolute atomic E-state index is 0.0627. The van der Waals surface area contributed by atoms with Gasteiger partial charge < -0.3 is 20.1 Å². The molecule has 0 aliphatic heterocycles. The number of carboxylic acids is 1. The van der Waals surface area contributed by atoms with Crippen LogP contribution in [0.4, 0.5) is 4.39 Å². The molecule has 6 nitrogen and oxygen atoms in total. The number of hydrogen-bond donors (Lipinski definition) is 3. The van der Waals surface area contributed by atoms with Crippen LogP contribution in [0.25, 0.3) is 17.2 Å². The van der Waals surface area contributed by atoms with Crippen LogP contribution in [0.15, 0.2) is 30.3 Å². The Kier molecular flexibility index (Phi) is 9.70. The van der Waals surface area contributed by atoms with Crippen LogP contribution in [0, 0.1) is 5.82 Å². The molecule has 1 aromatic carbocycles. The van der Waals surface area contributed by atoms with Crippen LogP contribution in [0.2, 0.25) is 0 Å². The van der Waals surface area contributed by atoms with Crippen molar-refractivity contribution in [2.24, 2.45) is 0 Å². The molecule has 0 radical (unpaired) electrons. The molecule has 2 rings (SSSR count). The molecule has 0 saturated heterocycles. The van der Waals surface area contributed by atoms with Gasteiger partial charge in [-0.15, -0.1) is 0 Å². The minimum Gasteiger partial charge on any atom is -0.481 e. The van der Waals surface area contributed by atoms with Gasteiger partial charge in [-0.25, -0.2) is 4.39 Å². The highest BCUT2D eigenvalue weighted by atomic mass is 19.1. The van der Waals surface area contributed by atoms with Gasteiger partial charge in [0.2, 0.25) is 0 Å². The van der Waals surface area contributed by atoms with Crippen LogP contribution in [0.5, 0.6) is 0 Å². The van der Waals surface area contributed by atoms with Crippen LogP contribution in [0.3, 0.4) is 0 Å². The Bertz CT molecular complexity index is 970. The molecule has 2 atom stereocenters. The topological polar surface area (TPSA) is 99.9 Å². The zero-order valence-corrected chi connectivity index (χ0v) is 19.9. The highest BCUT2D eigenvalue weighted by molar-refractivity contribution is 5.80. The summed E-state index contributed by atoms with van der Waals surface area (Å²) in [7, 11) is 1.61. The third kappa shape index (κ3) is 7.19. The van der Waals surface area contributed by atoms with E-state index in [9.17, 15) is 19.4 Å². The fourth-order valence-corrected chi connectivity index (χ4v) is 3.85. The monoisotopic (exact) mass is 459 g/mol. The molecule has 0 fully saturated rings. The minimum atomic E-state index is -1.16. The first-order chi connectivity index (χ1) is 15.5. The van der Waals surface area contributed by atoms with Crippen LogP contribution in [0.1, 0.15) is 74.9 Å². The summed E-state index contributed by atoms with van der Waals surface area (Å²) < 4.78 is 19.2. The summed E-state index contributed by atoms with van der Waals surface area (Å²) in [6.45, 7) is 8.49. The summed E-state index contributed by atoms with van der Waals surface area (Å²) in [5, 5.41) is 29.1. The molecule has 1 unspecified atom stereocenters. The molecule has 0 aliphatic carbocycles. The number of methoxy groups -OCH3 is 1. The highest BCUT2D eigenvalue weighted by Gasteiger charge is 2.23. The van der Waals surface area contributed by atoms with E-state index in [1.54, 1.807) is 25.3 Å². The van der Waals surface area contributed by atoms with Gasteiger partial charge >= 0.3 is 5.97 Å². The van der Waals surface area contributed by atoms with Crippen LogP contribution in [-0.2, 0) is 16.1 Å². The molecular weight excluding hydrogens is 425 g/mol. The van der Waals surface area contributed by atoms with E-state index in [2.05, 4.69) is 13.8 Å². The maximum Gasteiger partial charge on any atom is 0.305 e. The molecule has 180 valence electrons. The van der Waals surface area contributed by atoms with Gasteiger partial charge in [0.05, 0.1) is 30.9 Å². The molecule has 7 heteroatoms. The van der Waals surface area contributed by atoms with Crippen molar-refractivity contribution in [1.29, 1.82) is 0 Å². The molecule has 0 amide bonds. The molecule has 2 aromatic rings. The molecule has 0 bridgehead atoms. The highest BCUT2D eigenvalue weighted by Crippen LogP contribution is 2.37. The van der Waals surface area contributed by atoms with Gasteiger partial charge in [-0.3, -0.25) is 9.78 Å². The second-order valence-corrected chi connectivity index (χ2v) is 8.81. The Morgan fingerprint density at radius 2 is 1.70 bits per heavy atom. The number of rotatable bonds is 11. The molecule has 1 heterocycles. The van der Waals surface area contributed by atoms with Crippen molar-refractivity contribution in [3.63, 3.8) is 0 Å². The van der Waals surface area contributed by atoms with Gasteiger partial charge in [-0.05, 0) is 35.1 Å². The summed E-state index contributed by atoms with van der Waals surface area (Å²) in [6, 6.07) is 6.23. The number of nitrogens with zero attached hydrogens (tertiary/aromatic N) is 1. The van der Waals surface area contributed by atoms with E-state index in [0.29, 0.717) is 6.61 Å². The maximum atomic E-state index is 13.7. The summed E-state index contributed by atoms with van der Waals surface area (Å²) in [4.78, 5) is 15.8. The molecule has 0 aliphatic rings. The standard InChI is InChI=1S/C26H34FNO5/c1-15(2)25-21(11-10-19(29)12-20(30)13-23(31)32)24(17-6-8-18(27)9-7-17)22(14-33-5)26(28-25)16(3)4/h6-11,15-16,19-20,29-30H,12-14H2,1-5H3,(H,31,32)/b11-10+/t19?,20-/m1/s1. The van der Waals surface area contributed by atoms with E-state index in [4.69, 9.17) is 14.8 Å². The SMILES string of the molecule is COCc1c(C(C)C)nc(C(C)C)c(/C=C/C(O)C[C@@H](O)CC(=O)O)c1-c1ccc(F)cc1. The van der Waals surface area contributed by atoms with Gasteiger partial charge in [0.1, 0.15) is 5.82 Å². The van der Waals surface area contributed by atoms with E-state index in [0.717, 1.165) is 33.6 Å². The quantitative estimate of drug-likeness (QED) is 0.443. The number of halogens is 1. The Hall–Kier alpha value is -2.61. The summed E-state index contributed by atoms with van der Waals surface area (Å²) >= 11 is 0. The average molecular weight is 460 g/mol. The maximum absolute atomic E-state index is 13.7. The summed E-state index contributed by atoms with van der Waals surface area (Å²) in [6.07, 6.45) is 0.541. The predicted molar refractivity (Wildman–Crippen MR) is 126 cm³/mol. The first kappa shape index (κ1) is 26.6. The lowest BCUT2D eigenvalue weighted by Crippen LogP contribution is -2.19. The Morgan fingerprint density at radius 3 is 2.21 bits per heavy atom. The molecule has 0 spiro atoms. The number of aliphatic hydroxyl groups is 2. The van der Waals surface area contributed by atoms with Crippen LogP contribution >= 0.6 is 0 Å². The molecule has 1 aromatic heterocycles. The number of aliphatic hydroxyl groups excluding tert-OH is 2. The predicted octanol–water partition coefficient (Wildman–Crippen LogP) is 4.88. The van der Waals surface area contributed by atoms with Crippen molar-refractivity contribution in [3.05, 3.63) is 58.7 Å². The number of ether oxygens (including phenoxy) is 1. The lowest BCUT2D eigenvalue weighted by molar-refractivity contribution is -0.139. The number of pyridine rings is 1. The van der Waals surface area contributed by atoms with Crippen molar-refractivity contribution in [1.82, 2.24) is 4.98 Å². The zero-order chi connectivity index (χ0) is 24.7. The first-order valence-electron chi connectivity index (χ1n) is 11.1. The molecule has 0 saturated carbocycles. The van der Waals surface area contributed by atoms with E-state index < -0.39 is 24.6 Å². The Labute approximate surface area is 194 Å². The number of aliphatic carboxylic acids is 1. The number of aromatic nitrogens is 1. The van der Waals surface area contributed by atoms with Crippen molar-refractivity contribution in [3.8, 4) is 11.1 Å². The van der Waals surface area contributed by atoms with Crippen LogP contribution < -0.4 is 0 Å². The summed E-state index contributed by atoms with van der Waals surface area (Å²) in [5.41, 5.74) is 5.05. The van der Waals surface area contributed by atoms with Crippen molar-refractivity contribution in [2.45, 2.75) is 71.2 Å². The smallest absolute Gasteiger partial charge is 0.305 e. The molecular formula is C26H34FNO5. The second-order valence-electron chi connectivity index (χ2n) is 8.81. The largest absolute Gasteiger partial charge is 0.481 e. The number of carboxylic acid groups (broad SMARTS) is 1. The summed E-state index contributed by atoms with van der Waals surface area (Å²) in [5.74, 6) is -1.28. The average Bonchev–Trinajstić information content (AvgIpc) is 2.72. The zero-order valence-electron chi connectivity index (χ0n) is 19.9. The lowest BCUT2D eigenvalue weighted by atomic mass is 9.87. The third-order valence-corrected chi connectivity index (χ3v) is 5.32. The fourth-order valence-electron chi connectivity index (χ4n) is 3.85. The number of carbonyl (C=O) groups is 1. The van der Waals surface area contributed by atoms with Crippen molar-refractivity contribution in [2.75, 3.05) is 7.11 Å². The number of benzene rings is 1. The van der Waals surface area contributed by atoms with Crippen molar-refractivity contribution >= 4 is 12.0 Å². The Balaban J connectivity index is 2.69. The van der Waals surface area contributed by atoms with Gasteiger partial charge in [0, 0.05) is 30.4 Å². The van der Waals surface area contributed by atoms with Gasteiger partial charge in [0.25, 0.3) is 0 Å². The third-order valence-electron chi connectivity index (χ3n) is 5.32. The van der Waals surface area contributed by atoms with Gasteiger partial charge in [-0.1, -0.05) is 52.0 Å². The Morgan fingerprint density at radius 1 is 1.09 bits per heavy atom. The molecule has 33 heavy (non-hydrogen) atoms. The van der Waals surface area contributed by atoms with E-state index >= 15 is 0 Å².